The van der Waals surface area contributed by atoms with Crippen molar-refractivity contribution in [1.82, 2.24) is 9.62 Å². The van der Waals surface area contributed by atoms with Crippen LogP contribution in [0.4, 0.5) is 0 Å². The highest BCUT2D eigenvalue weighted by atomic mass is 32.2. The monoisotopic (exact) mass is 348 g/mol. The quantitative estimate of drug-likeness (QED) is 0.832. The zero-order chi connectivity index (χ0) is 17.0. The van der Waals surface area contributed by atoms with Gasteiger partial charge < -0.3 is 9.64 Å². The molecule has 1 aliphatic rings. The van der Waals surface area contributed by atoms with E-state index in [1.165, 1.54) is 0 Å². The van der Waals surface area contributed by atoms with Crippen molar-refractivity contribution in [3.8, 4) is 0 Å². The molecule has 1 fully saturated rings. The Morgan fingerprint density at radius 2 is 2.00 bits per heavy atom. The van der Waals surface area contributed by atoms with Crippen molar-refractivity contribution < 1.29 is 13.2 Å². The van der Waals surface area contributed by atoms with Gasteiger partial charge in [-0.15, -0.1) is 0 Å². The first-order valence-electron chi connectivity index (χ1n) is 8.29. The molecule has 3 rings (SSSR count). The molecule has 0 unspecified atom stereocenters. The lowest BCUT2D eigenvalue weighted by Gasteiger charge is -2.16. The first kappa shape index (κ1) is 17.4. The summed E-state index contributed by atoms with van der Waals surface area (Å²) in [7, 11) is -1.80. The molecular weight excluding hydrogens is 324 g/mol. The van der Waals surface area contributed by atoms with Gasteiger partial charge in [0.25, 0.3) is 0 Å². The third-order valence-corrected chi connectivity index (χ3v) is 6.06. The Hall–Kier alpha value is -1.47. The molecule has 1 aliphatic heterocycles. The average Bonchev–Trinajstić information content (AvgIpc) is 3.06. The zero-order valence-electron chi connectivity index (χ0n) is 13.9. The van der Waals surface area contributed by atoms with Gasteiger partial charge >= 0.3 is 0 Å². The fourth-order valence-electron chi connectivity index (χ4n) is 3.24. The molecule has 0 aliphatic carbocycles. The lowest BCUT2D eigenvalue weighted by molar-refractivity contribution is 0.159. The molecule has 1 N–H and O–H groups in total. The summed E-state index contributed by atoms with van der Waals surface area (Å²) in [5.41, 5.74) is 0. The van der Waals surface area contributed by atoms with Gasteiger partial charge in [0.1, 0.15) is 0 Å². The molecule has 1 heterocycles. The molecular formula is C18H24N2O3S. The standard InChI is InChI=1S/C18H24N2O3S/c1-23-12-11-20-10-9-15(14-20)13-19-24(21,22)18-8-4-6-16-5-2-3-7-17(16)18/h2-8,15,19H,9-14H2,1H3/t15-/m0/s1. The van der Waals surface area contributed by atoms with E-state index >= 15 is 0 Å². The van der Waals surface area contributed by atoms with Gasteiger partial charge in [-0.1, -0.05) is 36.4 Å². The molecule has 1 atom stereocenters. The van der Waals surface area contributed by atoms with E-state index in [4.69, 9.17) is 4.74 Å². The van der Waals surface area contributed by atoms with Crippen LogP contribution in [0, 0.1) is 5.92 Å². The van der Waals surface area contributed by atoms with Crippen LogP contribution < -0.4 is 4.72 Å². The van der Waals surface area contributed by atoms with E-state index in [0.29, 0.717) is 24.0 Å². The number of ether oxygens (including phenoxy) is 1. The Kier molecular flexibility index (Phi) is 5.50. The average molecular weight is 348 g/mol. The number of nitrogens with one attached hydrogen (secondary N) is 1. The van der Waals surface area contributed by atoms with Crippen LogP contribution in [0.15, 0.2) is 47.4 Å². The summed E-state index contributed by atoms with van der Waals surface area (Å²) in [6, 6.07) is 13.0. The van der Waals surface area contributed by atoms with Gasteiger partial charge in [-0.3, -0.25) is 0 Å². The maximum Gasteiger partial charge on any atom is 0.241 e. The van der Waals surface area contributed by atoms with Crippen LogP contribution in [-0.2, 0) is 14.8 Å². The van der Waals surface area contributed by atoms with E-state index in [0.717, 1.165) is 36.8 Å². The van der Waals surface area contributed by atoms with Crippen LogP contribution in [0.1, 0.15) is 6.42 Å². The largest absolute Gasteiger partial charge is 0.383 e. The third-order valence-electron chi connectivity index (χ3n) is 4.58. The van der Waals surface area contributed by atoms with Crippen LogP contribution >= 0.6 is 0 Å². The highest BCUT2D eigenvalue weighted by Gasteiger charge is 2.24. The first-order valence-corrected chi connectivity index (χ1v) is 9.77. The fourth-order valence-corrected chi connectivity index (χ4v) is 4.58. The second-order valence-electron chi connectivity index (χ2n) is 6.28. The van der Waals surface area contributed by atoms with Gasteiger partial charge in [-0.25, -0.2) is 13.1 Å². The fraction of sp³-hybridized carbons (Fsp3) is 0.444. The number of benzene rings is 2. The van der Waals surface area contributed by atoms with Crippen LogP contribution in [0.3, 0.4) is 0 Å². The molecule has 6 heteroatoms. The van der Waals surface area contributed by atoms with Gasteiger partial charge in [-0.2, -0.15) is 0 Å². The van der Waals surface area contributed by atoms with Crippen LogP contribution in [0.25, 0.3) is 10.8 Å². The summed E-state index contributed by atoms with van der Waals surface area (Å²) in [4.78, 5) is 2.68. The minimum Gasteiger partial charge on any atom is -0.383 e. The number of nitrogens with zero attached hydrogens (tertiary/aromatic N) is 1. The highest BCUT2D eigenvalue weighted by molar-refractivity contribution is 7.89. The van der Waals surface area contributed by atoms with Crippen LogP contribution in [-0.4, -0.2) is 53.2 Å². The second-order valence-corrected chi connectivity index (χ2v) is 8.01. The smallest absolute Gasteiger partial charge is 0.241 e. The zero-order valence-corrected chi connectivity index (χ0v) is 14.8. The third kappa shape index (κ3) is 3.95. The van der Waals surface area contributed by atoms with Gasteiger partial charge in [-0.05, 0) is 30.3 Å². The van der Waals surface area contributed by atoms with E-state index < -0.39 is 10.0 Å². The van der Waals surface area contributed by atoms with E-state index in [1.54, 1.807) is 19.2 Å². The Bertz CT molecular complexity index is 786. The van der Waals surface area contributed by atoms with Crippen molar-refractivity contribution in [2.45, 2.75) is 11.3 Å². The predicted octanol–water partition coefficient (Wildman–Crippen LogP) is 2.09. The van der Waals surface area contributed by atoms with E-state index in [-0.39, 0.29) is 0 Å². The number of hydrogen-bond acceptors (Lipinski definition) is 4. The van der Waals surface area contributed by atoms with Crippen molar-refractivity contribution in [3.63, 3.8) is 0 Å². The minimum absolute atomic E-state index is 0.353. The number of fused-ring (bicyclic) bond motifs is 1. The maximum absolute atomic E-state index is 12.7. The van der Waals surface area contributed by atoms with E-state index in [2.05, 4.69) is 9.62 Å². The molecule has 24 heavy (non-hydrogen) atoms. The lowest BCUT2D eigenvalue weighted by atomic mass is 10.1. The molecule has 5 nitrogen and oxygen atoms in total. The number of sulfonamides is 1. The van der Waals surface area contributed by atoms with Crippen LogP contribution in [0.2, 0.25) is 0 Å². The SMILES string of the molecule is COCCN1CC[C@@H](CNS(=O)(=O)c2cccc3ccccc23)C1. The summed E-state index contributed by atoms with van der Waals surface area (Å²) in [5.74, 6) is 0.353. The number of rotatable bonds is 7. The minimum atomic E-state index is -3.50. The molecule has 0 spiro atoms. The van der Waals surface area contributed by atoms with Gasteiger partial charge in [0.2, 0.25) is 10.0 Å². The Balaban J connectivity index is 1.66. The van der Waals surface area contributed by atoms with Gasteiger partial charge in [0, 0.05) is 32.1 Å². The lowest BCUT2D eigenvalue weighted by Crippen LogP contribution is -2.32. The van der Waals surface area contributed by atoms with Gasteiger partial charge in [0.15, 0.2) is 0 Å². The molecule has 0 bridgehead atoms. The Labute approximate surface area is 143 Å². The number of methoxy groups -OCH3 is 1. The number of likely N-dealkylation sites (tertiary alicyclic amines) is 1. The normalized spacial score (nSPS) is 19.1. The van der Waals surface area contributed by atoms with Crippen molar-refractivity contribution >= 4 is 20.8 Å². The van der Waals surface area contributed by atoms with E-state index in [1.807, 2.05) is 30.3 Å². The highest BCUT2D eigenvalue weighted by Crippen LogP contribution is 2.23. The predicted molar refractivity (Wildman–Crippen MR) is 95.6 cm³/mol. The van der Waals surface area contributed by atoms with Crippen molar-refractivity contribution in [2.24, 2.45) is 5.92 Å². The summed E-state index contributed by atoms with van der Waals surface area (Å²) < 4.78 is 33.3. The van der Waals surface area contributed by atoms with E-state index in [9.17, 15) is 8.42 Å². The summed E-state index contributed by atoms with van der Waals surface area (Å²) >= 11 is 0. The number of hydrogen-bond donors (Lipinski definition) is 1. The van der Waals surface area contributed by atoms with Crippen molar-refractivity contribution in [3.05, 3.63) is 42.5 Å². The maximum atomic E-state index is 12.7. The molecule has 0 amide bonds. The molecule has 2 aromatic rings. The van der Waals surface area contributed by atoms with Gasteiger partial charge in [0.05, 0.1) is 11.5 Å². The topological polar surface area (TPSA) is 58.6 Å². The Morgan fingerprint density at radius 3 is 2.83 bits per heavy atom. The molecule has 1 saturated heterocycles. The molecule has 0 saturated carbocycles. The van der Waals surface area contributed by atoms with Crippen molar-refractivity contribution in [2.75, 3.05) is 39.9 Å². The summed E-state index contributed by atoms with van der Waals surface area (Å²) in [5, 5.41) is 1.70. The molecule has 0 aromatic heterocycles. The molecule has 0 radical (unpaired) electrons. The van der Waals surface area contributed by atoms with Crippen molar-refractivity contribution in [1.29, 1.82) is 0 Å². The van der Waals surface area contributed by atoms with Crippen LogP contribution in [0.5, 0.6) is 0 Å². The summed E-state index contributed by atoms with van der Waals surface area (Å²) in [6.07, 6.45) is 1.02. The Morgan fingerprint density at radius 1 is 1.21 bits per heavy atom. The molecule has 2 aromatic carbocycles. The summed E-state index contributed by atoms with van der Waals surface area (Å²) in [6.45, 7) is 4.03. The molecule has 130 valence electrons. The second kappa shape index (κ2) is 7.61. The first-order chi connectivity index (χ1) is 11.6.